The molecule has 0 radical (unpaired) electrons. The molecule has 6 saturated heterocycles. The van der Waals surface area contributed by atoms with Gasteiger partial charge in [-0.15, -0.1) is 0 Å². The summed E-state index contributed by atoms with van der Waals surface area (Å²) in [5, 5.41) is 0. The van der Waals surface area contributed by atoms with E-state index in [4.69, 9.17) is 62.8 Å². The van der Waals surface area contributed by atoms with Crippen molar-refractivity contribution in [2.75, 3.05) is 13.2 Å². The molecule has 0 N–H and O–H groups in total. The van der Waals surface area contributed by atoms with Crippen LogP contribution in [0.3, 0.4) is 0 Å². The van der Waals surface area contributed by atoms with Crippen LogP contribution in [-0.2, 0) is 57.0 Å². The molecule has 81 heavy (non-hydrogen) atoms. The number of carbonyl (C=O) groups is 2. The van der Waals surface area contributed by atoms with Gasteiger partial charge in [-0.05, 0) is 98.5 Å². The minimum absolute atomic E-state index is 0.00350. The highest BCUT2D eigenvalue weighted by atomic mass is 127. The molecule has 0 amide bonds. The number of aromatic nitrogens is 2. The van der Waals surface area contributed by atoms with E-state index < -0.39 is 12.6 Å². The highest BCUT2D eigenvalue weighted by Gasteiger charge is 2.45. The van der Waals surface area contributed by atoms with Gasteiger partial charge in [0.2, 0.25) is 24.4 Å². The smallest absolute Gasteiger partial charge is 0.330 e. The lowest BCUT2D eigenvalue weighted by Crippen LogP contribution is -2.50. The Bertz CT molecular complexity index is 2730. The van der Waals surface area contributed by atoms with Crippen LogP contribution >= 0.6 is 22.6 Å². The molecule has 2 aromatic heterocycles. The molecule has 6 fully saturated rings. The van der Waals surface area contributed by atoms with Crippen molar-refractivity contribution in [3.8, 4) is 0 Å². The molecule has 2 aromatic rings. The van der Waals surface area contributed by atoms with E-state index >= 15 is 0 Å². The van der Waals surface area contributed by atoms with Crippen LogP contribution < -0.4 is 0 Å². The van der Waals surface area contributed by atoms with E-state index in [0.29, 0.717) is 62.1 Å². The molecule has 18 atom stereocenters. The number of halogens is 1. The summed E-state index contributed by atoms with van der Waals surface area (Å²) in [6.45, 7) is 29.1. The maximum Gasteiger partial charge on any atom is 0.330 e. The van der Waals surface area contributed by atoms with Crippen molar-refractivity contribution in [3.05, 3.63) is 129 Å². The molecule has 0 aromatic carbocycles. The van der Waals surface area contributed by atoms with Gasteiger partial charge < -0.3 is 56.2 Å². The fraction of sp³-hybridized carbons (Fsp3) is 0.603. The third kappa shape index (κ3) is 16.1. The number of carbonyl (C=O) groups excluding carboxylic acids is 2. The number of esters is 2. The van der Waals surface area contributed by atoms with Crippen molar-refractivity contribution in [3.63, 3.8) is 0 Å². The number of hydrogen-bond donors (Lipinski definition) is 0. The summed E-state index contributed by atoms with van der Waals surface area (Å²) < 4.78 is 75.7. The molecule has 10 heterocycles. The number of fused-ring (bicyclic) bond motifs is 18. The van der Waals surface area contributed by atoms with Gasteiger partial charge in [-0.3, -0.25) is 0 Å². The molecule has 438 valence electrons. The standard InChI is InChI=1S/C32H40N2O7.C31H40INO7/c1-19-14-23-8-6-11-29(35)41-31-21(3)27(40-30(22(31)4)20(2)17-33-5)9-7-10-28-34-26(18-37-28)32-36-13-12-24(39-32)16-25(15-19)38-23;1-18-13-22-7-5-10-28(34)40-30-20(3)26(39-29(21(30)4)19(2)16-32)8-6-9-27-33-25(17-36-27)31-35-12-11-23(38-31)15-24(14-18)37-22/h6-7,10-11,17-18,21-25,27,30-32H,1,8-9,12-16H2,2-4H3;5-6,9-10,16-17,20-24,26,29-31H,1,7-8,11-15H2,2-4H3/b10-7+,11-6+,20-17+;9-6+,10-5+,19-16+/t21-,22-,23-,24-,25+,27+,30-,31-,32-;20-,21-,22-,23-,24+,26+,29-,30-,31-/m00/s1. The predicted molar refractivity (Wildman–Crippen MR) is 309 cm³/mol. The van der Waals surface area contributed by atoms with Crippen molar-refractivity contribution >= 4 is 46.7 Å². The molecule has 8 aliphatic heterocycles. The zero-order valence-electron chi connectivity index (χ0n) is 47.6. The minimum atomic E-state index is -0.593. The van der Waals surface area contributed by atoms with Gasteiger partial charge in [-0.2, -0.15) is 0 Å². The summed E-state index contributed by atoms with van der Waals surface area (Å²) in [5.41, 5.74) is 5.44. The topological polar surface area (TPSA) is 183 Å². The van der Waals surface area contributed by atoms with Crippen LogP contribution in [0.4, 0.5) is 0 Å². The van der Waals surface area contributed by atoms with Gasteiger partial charge in [0, 0.05) is 48.7 Å². The van der Waals surface area contributed by atoms with Gasteiger partial charge in [-0.1, -0.05) is 106 Å². The summed E-state index contributed by atoms with van der Waals surface area (Å²) in [4.78, 5) is 38.6. The summed E-state index contributed by atoms with van der Waals surface area (Å²) in [7, 11) is 0. The Kier molecular flexibility index (Phi) is 21.5. The average Bonchev–Trinajstić information content (AvgIpc) is 4.28. The lowest BCUT2D eigenvalue weighted by molar-refractivity contribution is -0.227. The van der Waals surface area contributed by atoms with E-state index in [1.54, 1.807) is 18.6 Å². The Balaban J connectivity index is 0.000000196. The first-order valence-electron chi connectivity index (χ1n) is 28.9. The number of ether oxygens (including phenoxy) is 10. The Hall–Kier alpha value is -4.82. The third-order valence-corrected chi connectivity index (χ3v) is 17.7. The van der Waals surface area contributed by atoms with Crippen molar-refractivity contribution in [1.29, 1.82) is 0 Å². The zero-order valence-corrected chi connectivity index (χ0v) is 49.7. The van der Waals surface area contributed by atoms with Crippen molar-refractivity contribution in [2.45, 2.75) is 204 Å². The van der Waals surface area contributed by atoms with Gasteiger partial charge >= 0.3 is 11.9 Å². The Labute approximate surface area is 490 Å². The monoisotopic (exact) mass is 1230 g/mol. The maximum atomic E-state index is 13.0. The number of hydrogen-bond acceptors (Lipinski definition) is 16. The molecule has 18 heteroatoms. The predicted octanol–water partition coefficient (Wildman–Crippen LogP) is 12.7. The van der Waals surface area contributed by atoms with E-state index in [9.17, 15) is 9.59 Å². The molecule has 0 spiro atoms. The first-order chi connectivity index (χ1) is 39.1. The minimum Gasteiger partial charge on any atom is -0.458 e. The molecule has 17 nitrogen and oxygen atoms in total. The molecule has 8 aliphatic rings. The third-order valence-electron chi connectivity index (χ3n) is 16.7. The van der Waals surface area contributed by atoms with Crippen LogP contribution in [0.2, 0.25) is 0 Å². The first kappa shape index (κ1) is 60.8. The van der Waals surface area contributed by atoms with Gasteiger partial charge in [0.05, 0.1) is 80.8 Å². The van der Waals surface area contributed by atoms with E-state index in [-0.39, 0.29) is 109 Å². The summed E-state index contributed by atoms with van der Waals surface area (Å²) in [5.74, 6) is 0.0139. The van der Waals surface area contributed by atoms with Crippen LogP contribution in [0.15, 0.2) is 104 Å². The molecule has 0 aliphatic carbocycles. The quantitative estimate of drug-likeness (QED) is 0.120. The lowest BCUT2D eigenvalue weighted by Gasteiger charge is -2.44. The number of nitrogens with zero attached hydrogens (tertiary/aromatic N) is 3. The first-order valence-corrected chi connectivity index (χ1v) is 30.1. The zero-order chi connectivity index (χ0) is 57.2. The number of oxazole rings is 2. The lowest BCUT2D eigenvalue weighted by atomic mass is 9.79. The van der Waals surface area contributed by atoms with Gasteiger partial charge in [0.1, 0.15) is 36.1 Å². The fourth-order valence-corrected chi connectivity index (χ4v) is 12.9. The molecule has 10 rings (SSSR count). The van der Waals surface area contributed by atoms with Crippen molar-refractivity contribution < 1.29 is 65.8 Å². The summed E-state index contributed by atoms with van der Waals surface area (Å²) >= 11 is 2.24. The van der Waals surface area contributed by atoms with Crippen molar-refractivity contribution in [1.82, 2.24) is 9.97 Å². The SMILES string of the molecule is C=C1C[C@@H]2C[C@@H]3CCO[C@@H](O3)c3coc(n3)/C=C/C[C@H]3O[C@@H](/C(C)=C/I)[C@H](C)[C@@H](OC(=O)/C=C/C[C@@H](C1)O2)[C@H]3C.[C-]#[N+]/C=C(\C)[C@@H]1O[C@@H]2C/C=C/c3nc(co3)[C@H]3OCC[C@@H](C[C@H]4CC(=C)C[C@H](C/C=C/C(=O)O[C@@H]([C@H]2C)[C@H]1C)O4)O3. The Morgan fingerprint density at radius 2 is 1.01 bits per heavy atom. The highest BCUT2D eigenvalue weighted by molar-refractivity contribution is 14.1. The fourth-order valence-electron chi connectivity index (χ4n) is 12.6. The number of rotatable bonds is 2. The molecule has 0 unspecified atom stereocenters. The normalized spacial score (nSPS) is 39.0. The van der Waals surface area contributed by atoms with Crippen LogP contribution in [0.5, 0.6) is 0 Å². The summed E-state index contributed by atoms with van der Waals surface area (Å²) in [6.07, 6.45) is 24.7. The Morgan fingerprint density at radius 1 is 0.580 bits per heavy atom. The van der Waals surface area contributed by atoms with E-state index in [2.05, 4.69) is 71.3 Å². The molecule has 16 bridgehead atoms. The highest BCUT2D eigenvalue weighted by Crippen LogP contribution is 2.41. The second-order valence-electron chi connectivity index (χ2n) is 23.1. The van der Waals surface area contributed by atoms with E-state index in [1.165, 1.54) is 12.3 Å². The van der Waals surface area contributed by atoms with Crippen LogP contribution in [0.25, 0.3) is 17.0 Å². The van der Waals surface area contributed by atoms with Crippen LogP contribution in [0, 0.1) is 30.2 Å². The summed E-state index contributed by atoms with van der Waals surface area (Å²) in [6, 6.07) is 0. The molecular weight excluding hydrogens is 1150 g/mol. The second-order valence-corrected chi connectivity index (χ2v) is 23.7. The molecule has 0 saturated carbocycles. The van der Waals surface area contributed by atoms with Gasteiger partial charge in [0.25, 0.3) is 0 Å². The average molecular weight is 1230 g/mol. The Morgan fingerprint density at radius 3 is 1.46 bits per heavy atom. The largest absolute Gasteiger partial charge is 0.458 e. The maximum absolute atomic E-state index is 13.0. The van der Waals surface area contributed by atoms with E-state index in [0.717, 1.165) is 73.7 Å². The van der Waals surface area contributed by atoms with Gasteiger partial charge in [0.15, 0.2) is 6.20 Å². The van der Waals surface area contributed by atoms with Gasteiger partial charge in [-0.25, -0.2) is 24.4 Å². The van der Waals surface area contributed by atoms with Crippen LogP contribution in [-0.4, -0.2) is 108 Å². The molecular formula is C63H80IN3O14. The van der Waals surface area contributed by atoms with Crippen molar-refractivity contribution in [2.24, 2.45) is 23.7 Å². The van der Waals surface area contributed by atoms with E-state index in [1.807, 2.05) is 61.3 Å². The second kappa shape index (κ2) is 28.6. The van der Waals surface area contributed by atoms with Crippen LogP contribution in [0.1, 0.15) is 154 Å².